The molecular weight excluding hydrogens is 287 g/mol. The van der Waals surface area contributed by atoms with Crippen molar-refractivity contribution < 1.29 is 31.5 Å². The van der Waals surface area contributed by atoms with Crippen LogP contribution in [0.4, 0.5) is 27.6 Å². The van der Waals surface area contributed by atoms with Crippen molar-refractivity contribution in [2.24, 2.45) is 0 Å². The third-order valence-corrected chi connectivity index (χ3v) is 2.25. The summed E-state index contributed by atoms with van der Waals surface area (Å²) in [6, 6.07) is 4.59. The molecule has 2 amide bonds. The van der Waals surface area contributed by atoms with Crippen LogP contribution in [-0.2, 0) is 4.79 Å². The summed E-state index contributed by atoms with van der Waals surface area (Å²) in [5, 5.41) is 3.66. The zero-order valence-electron chi connectivity index (χ0n) is 10.0. The van der Waals surface area contributed by atoms with Gasteiger partial charge in [0, 0.05) is 18.3 Å². The van der Waals surface area contributed by atoms with E-state index in [1.54, 1.807) is 0 Å². The monoisotopic (exact) mass is 296 g/mol. The SMILES string of the molecule is CNC(=O)c1cccc(NC(=O)C(F)(F)C(F)(F)F)c1. The molecule has 0 fully saturated rings. The number of anilines is 1. The summed E-state index contributed by atoms with van der Waals surface area (Å²) in [5.41, 5.74) is -0.347. The van der Waals surface area contributed by atoms with Crippen LogP contribution in [0.5, 0.6) is 0 Å². The third-order valence-electron chi connectivity index (χ3n) is 2.25. The van der Waals surface area contributed by atoms with Gasteiger partial charge in [0.1, 0.15) is 0 Å². The lowest BCUT2D eigenvalue weighted by molar-refractivity contribution is -0.267. The Morgan fingerprint density at radius 1 is 1.10 bits per heavy atom. The molecule has 0 heterocycles. The Labute approximate surface area is 110 Å². The van der Waals surface area contributed by atoms with Crippen LogP contribution in [0.2, 0.25) is 0 Å². The van der Waals surface area contributed by atoms with E-state index in [1.165, 1.54) is 24.5 Å². The summed E-state index contributed by atoms with van der Waals surface area (Å²) in [6.07, 6.45) is -5.99. The number of carbonyl (C=O) groups excluding carboxylic acids is 2. The van der Waals surface area contributed by atoms with Gasteiger partial charge in [-0.1, -0.05) is 6.07 Å². The van der Waals surface area contributed by atoms with Crippen LogP contribution in [0.3, 0.4) is 0 Å². The van der Waals surface area contributed by atoms with Gasteiger partial charge in [-0.05, 0) is 18.2 Å². The second-order valence-corrected chi connectivity index (χ2v) is 3.69. The van der Waals surface area contributed by atoms with Crippen molar-refractivity contribution in [2.45, 2.75) is 12.1 Å². The van der Waals surface area contributed by atoms with Crippen molar-refractivity contribution in [3.8, 4) is 0 Å². The Morgan fingerprint density at radius 2 is 1.70 bits per heavy atom. The molecule has 1 aromatic rings. The van der Waals surface area contributed by atoms with E-state index in [4.69, 9.17) is 0 Å². The molecule has 0 radical (unpaired) electrons. The van der Waals surface area contributed by atoms with Gasteiger partial charge < -0.3 is 10.6 Å². The van der Waals surface area contributed by atoms with E-state index in [-0.39, 0.29) is 11.3 Å². The Bertz CT molecular complexity index is 528. The molecule has 0 bridgehead atoms. The zero-order valence-corrected chi connectivity index (χ0v) is 10.0. The van der Waals surface area contributed by atoms with Crippen molar-refractivity contribution in [1.82, 2.24) is 5.32 Å². The first-order chi connectivity index (χ1) is 9.09. The summed E-state index contributed by atoms with van der Waals surface area (Å²) >= 11 is 0. The summed E-state index contributed by atoms with van der Waals surface area (Å²) in [6.45, 7) is 0. The van der Waals surface area contributed by atoms with Gasteiger partial charge >= 0.3 is 18.0 Å². The molecule has 0 aromatic heterocycles. The number of alkyl halides is 5. The van der Waals surface area contributed by atoms with Gasteiger partial charge in [-0.2, -0.15) is 22.0 Å². The number of benzene rings is 1. The molecule has 0 saturated heterocycles. The lowest BCUT2D eigenvalue weighted by Crippen LogP contribution is -2.47. The van der Waals surface area contributed by atoms with E-state index in [1.807, 2.05) is 0 Å². The predicted molar refractivity (Wildman–Crippen MR) is 59.5 cm³/mol. The molecule has 9 heteroatoms. The standard InChI is InChI=1S/C11H9F5N2O2/c1-17-8(19)6-3-2-4-7(5-6)18-9(20)10(12,13)11(14,15)16/h2-5H,1H3,(H,17,19)(H,18,20). The zero-order chi connectivity index (χ0) is 15.6. The smallest absolute Gasteiger partial charge is 0.355 e. The van der Waals surface area contributed by atoms with E-state index in [2.05, 4.69) is 5.32 Å². The first kappa shape index (κ1) is 15.9. The minimum atomic E-state index is -5.99. The first-order valence-corrected chi connectivity index (χ1v) is 5.17. The van der Waals surface area contributed by atoms with Crippen molar-refractivity contribution in [1.29, 1.82) is 0 Å². The molecule has 0 aliphatic heterocycles. The first-order valence-electron chi connectivity index (χ1n) is 5.17. The van der Waals surface area contributed by atoms with Crippen LogP contribution >= 0.6 is 0 Å². The average molecular weight is 296 g/mol. The molecule has 1 rings (SSSR count). The fourth-order valence-corrected chi connectivity index (χ4v) is 1.22. The van der Waals surface area contributed by atoms with E-state index in [0.29, 0.717) is 0 Å². The number of amides is 2. The number of rotatable bonds is 3. The van der Waals surface area contributed by atoms with Crippen molar-refractivity contribution in [3.05, 3.63) is 29.8 Å². The van der Waals surface area contributed by atoms with Crippen LogP contribution in [0.1, 0.15) is 10.4 Å². The molecule has 0 saturated carbocycles. The highest BCUT2D eigenvalue weighted by Gasteiger charge is 2.63. The van der Waals surface area contributed by atoms with E-state index in [0.717, 1.165) is 12.1 Å². The fourth-order valence-electron chi connectivity index (χ4n) is 1.22. The van der Waals surface area contributed by atoms with Crippen LogP contribution in [-0.4, -0.2) is 31.0 Å². The van der Waals surface area contributed by atoms with Crippen molar-refractivity contribution in [2.75, 3.05) is 12.4 Å². The minimum Gasteiger partial charge on any atom is -0.355 e. The van der Waals surface area contributed by atoms with Crippen LogP contribution in [0.15, 0.2) is 24.3 Å². The topological polar surface area (TPSA) is 58.2 Å². The summed E-state index contributed by atoms with van der Waals surface area (Å²) < 4.78 is 61.4. The molecule has 20 heavy (non-hydrogen) atoms. The summed E-state index contributed by atoms with van der Waals surface area (Å²) in [5.74, 6) is -8.61. The highest BCUT2D eigenvalue weighted by atomic mass is 19.4. The summed E-state index contributed by atoms with van der Waals surface area (Å²) in [4.78, 5) is 22.2. The second kappa shape index (κ2) is 5.43. The number of hydrogen-bond donors (Lipinski definition) is 2. The molecule has 110 valence electrons. The van der Waals surface area contributed by atoms with Crippen LogP contribution in [0, 0.1) is 0 Å². The largest absolute Gasteiger partial charge is 0.463 e. The lowest BCUT2D eigenvalue weighted by atomic mass is 10.2. The number of nitrogens with one attached hydrogen (secondary N) is 2. The van der Waals surface area contributed by atoms with Gasteiger partial charge in [0.2, 0.25) is 0 Å². The normalized spacial score (nSPS) is 11.9. The molecule has 4 nitrogen and oxygen atoms in total. The Hall–Kier alpha value is -2.19. The van der Waals surface area contributed by atoms with Gasteiger partial charge in [0.15, 0.2) is 0 Å². The maximum atomic E-state index is 12.7. The second-order valence-electron chi connectivity index (χ2n) is 3.69. The highest BCUT2D eigenvalue weighted by Crippen LogP contribution is 2.36. The van der Waals surface area contributed by atoms with Crippen LogP contribution < -0.4 is 10.6 Å². The maximum absolute atomic E-state index is 12.7. The lowest BCUT2D eigenvalue weighted by Gasteiger charge is -2.18. The van der Waals surface area contributed by atoms with Gasteiger partial charge in [0.25, 0.3) is 5.91 Å². The third kappa shape index (κ3) is 3.22. The number of carbonyl (C=O) groups is 2. The van der Waals surface area contributed by atoms with E-state index < -0.39 is 23.9 Å². The average Bonchev–Trinajstić information content (AvgIpc) is 2.36. The van der Waals surface area contributed by atoms with Gasteiger partial charge in [-0.15, -0.1) is 0 Å². The van der Waals surface area contributed by atoms with Gasteiger partial charge in [-0.3, -0.25) is 9.59 Å². The number of halogens is 5. The Balaban J connectivity index is 2.95. The van der Waals surface area contributed by atoms with Crippen molar-refractivity contribution in [3.63, 3.8) is 0 Å². The molecule has 0 spiro atoms. The van der Waals surface area contributed by atoms with Crippen molar-refractivity contribution >= 4 is 17.5 Å². The number of hydrogen-bond acceptors (Lipinski definition) is 2. The van der Waals surface area contributed by atoms with E-state index in [9.17, 15) is 31.5 Å². The molecule has 0 unspecified atom stereocenters. The summed E-state index contributed by atoms with van der Waals surface area (Å²) in [7, 11) is 1.31. The molecule has 0 atom stereocenters. The highest BCUT2D eigenvalue weighted by molar-refractivity contribution is 5.99. The molecule has 1 aromatic carbocycles. The maximum Gasteiger partial charge on any atom is 0.463 e. The molecule has 0 aliphatic carbocycles. The molecule has 2 N–H and O–H groups in total. The van der Waals surface area contributed by atoms with E-state index >= 15 is 0 Å². The van der Waals surface area contributed by atoms with Gasteiger partial charge in [0.05, 0.1) is 0 Å². The minimum absolute atomic E-state index is 0.000579. The molecule has 0 aliphatic rings. The van der Waals surface area contributed by atoms with Gasteiger partial charge in [-0.25, -0.2) is 0 Å². The van der Waals surface area contributed by atoms with Crippen LogP contribution in [0.25, 0.3) is 0 Å². The Morgan fingerprint density at radius 3 is 2.20 bits per heavy atom. The molecular formula is C11H9F5N2O2. The fraction of sp³-hybridized carbons (Fsp3) is 0.273. The Kier molecular flexibility index (Phi) is 4.31. The predicted octanol–water partition coefficient (Wildman–Crippen LogP) is 2.18. The quantitative estimate of drug-likeness (QED) is 0.840.